The van der Waals surface area contributed by atoms with Gasteiger partial charge in [-0.3, -0.25) is 14.3 Å². The lowest BCUT2D eigenvalue weighted by atomic mass is 10.0. The summed E-state index contributed by atoms with van der Waals surface area (Å²) in [6, 6.07) is 8.86. The van der Waals surface area contributed by atoms with Gasteiger partial charge in [-0.1, -0.05) is 12.1 Å². The summed E-state index contributed by atoms with van der Waals surface area (Å²) < 4.78 is 1.85. The van der Waals surface area contributed by atoms with Crippen LogP contribution in [0, 0.1) is 13.8 Å². The summed E-state index contributed by atoms with van der Waals surface area (Å²) in [5.41, 5.74) is 3.21. The van der Waals surface area contributed by atoms with Crippen LogP contribution in [0.15, 0.2) is 30.3 Å². The van der Waals surface area contributed by atoms with E-state index in [1.165, 1.54) is 0 Å². The molecular weight excluding hydrogens is 306 g/mol. The van der Waals surface area contributed by atoms with Gasteiger partial charge in [0.05, 0.1) is 17.7 Å². The summed E-state index contributed by atoms with van der Waals surface area (Å²) in [6.45, 7) is 7.45. The highest BCUT2D eigenvalue weighted by Gasteiger charge is 2.16. The number of aromatic nitrogens is 2. The molecule has 6 nitrogen and oxygen atoms in total. The molecule has 0 bridgehead atoms. The number of hydrogen-bond donors (Lipinski definition) is 2. The van der Waals surface area contributed by atoms with Gasteiger partial charge in [-0.25, -0.2) is 0 Å². The molecular formula is C18H23N3O3. The molecule has 24 heavy (non-hydrogen) atoms. The van der Waals surface area contributed by atoms with E-state index in [1.54, 1.807) is 31.2 Å². The molecule has 1 heterocycles. The predicted octanol–water partition coefficient (Wildman–Crippen LogP) is 3.28. The highest BCUT2D eigenvalue weighted by molar-refractivity contribution is 5.91. The molecule has 0 saturated heterocycles. The lowest BCUT2D eigenvalue weighted by molar-refractivity contribution is -0.138. The van der Waals surface area contributed by atoms with Gasteiger partial charge in [0.25, 0.3) is 0 Å². The minimum absolute atomic E-state index is 0.0557. The first-order valence-corrected chi connectivity index (χ1v) is 7.93. The second kappa shape index (κ2) is 7.29. The average molecular weight is 329 g/mol. The van der Waals surface area contributed by atoms with Crippen molar-refractivity contribution in [2.24, 2.45) is 0 Å². The van der Waals surface area contributed by atoms with Crippen molar-refractivity contribution in [3.05, 3.63) is 47.3 Å². The zero-order chi connectivity index (χ0) is 17.9. The Morgan fingerprint density at radius 1 is 1.25 bits per heavy atom. The minimum Gasteiger partial charge on any atom is -0.481 e. The third-order valence-corrected chi connectivity index (χ3v) is 3.98. The van der Waals surface area contributed by atoms with Crippen molar-refractivity contribution in [2.45, 2.75) is 46.1 Å². The van der Waals surface area contributed by atoms with Crippen molar-refractivity contribution in [2.75, 3.05) is 5.32 Å². The first-order valence-electron chi connectivity index (χ1n) is 7.93. The maximum Gasteiger partial charge on any atom is 0.310 e. The van der Waals surface area contributed by atoms with E-state index >= 15 is 0 Å². The SMILES string of the molecule is Cc1cc(C)n(C(C)CC(=O)Nc2cccc(C(C)C(=O)O)c2)n1. The molecule has 0 aliphatic carbocycles. The largest absolute Gasteiger partial charge is 0.481 e. The summed E-state index contributed by atoms with van der Waals surface area (Å²) >= 11 is 0. The molecule has 0 fully saturated rings. The van der Waals surface area contributed by atoms with Gasteiger partial charge in [0, 0.05) is 17.8 Å². The number of carbonyl (C=O) groups excluding carboxylic acids is 1. The fraction of sp³-hybridized carbons (Fsp3) is 0.389. The monoisotopic (exact) mass is 329 g/mol. The third-order valence-electron chi connectivity index (χ3n) is 3.98. The lowest BCUT2D eigenvalue weighted by Gasteiger charge is -2.15. The van der Waals surface area contributed by atoms with E-state index in [0.29, 0.717) is 17.7 Å². The van der Waals surface area contributed by atoms with Crippen molar-refractivity contribution < 1.29 is 14.7 Å². The van der Waals surface area contributed by atoms with Crippen LogP contribution in [0.1, 0.15) is 49.2 Å². The third kappa shape index (κ3) is 4.22. The van der Waals surface area contributed by atoms with Gasteiger partial charge in [0.15, 0.2) is 0 Å². The van der Waals surface area contributed by atoms with E-state index < -0.39 is 11.9 Å². The fourth-order valence-corrected chi connectivity index (χ4v) is 2.69. The molecule has 0 radical (unpaired) electrons. The molecule has 1 aromatic heterocycles. The van der Waals surface area contributed by atoms with Crippen LogP contribution in [0.25, 0.3) is 0 Å². The van der Waals surface area contributed by atoms with E-state index in [2.05, 4.69) is 10.4 Å². The number of nitrogens with one attached hydrogen (secondary N) is 1. The minimum atomic E-state index is -0.892. The smallest absolute Gasteiger partial charge is 0.310 e. The number of carboxylic acids is 1. The van der Waals surface area contributed by atoms with Gasteiger partial charge >= 0.3 is 5.97 Å². The van der Waals surface area contributed by atoms with E-state index in [-0.39, 0.29) is 11.9 Å². The molecule has 0 aliphatic heterocycles. The van der Waals surface area contributed by atoms with Gasteiger partial charge in [-0.15, -0.1) is 0 Å². The first kappa shape index (κ1) is 17.7. The Kier molecular flexibility index (Phi) is 5.39. The van der Waals surface area contributed by atoms with Gasteiger partial charge in [-0.05, 0) is 51.5 Å². The molecule has 1 amide bonds. The summed E-state index contributed by atoms with van der Waals surface area (Å²) in [7, 11) is 0. The van der Waals surface area contributed by atoms with Crippen molar-refractivity contribution in [3.63, 3.8) is 0 Å². The summed E-state index contributed by atoms with van der Waals surface area (Å²) in [4.78, 5) is 23.3. The topological polar surface area (TPSA) is 84.2 Å². The first-order chi connectivity index (χ1) is 11.3. The number of benzene rings is 1. The van der Waals surface area contributed by atoms with Gasteiger partial charge in [0.2, 0.25) is 5.91 Å². The van der Waals surface area contributed by atoms with Gasteiger partial charge < -0.3 is 10.4 Å². The maximum absolute atomic E-state index is 12.3. The van der Waals surface area contributed by atoms with Crippen LogP contribution in [-0.2, 0) is 9.59 Å². The van der Waals surface area contributed by atoms with Crippen LogP contribution < -0.4 is 5.32 Å². The molecule has 0 spiro atoms. The average Bonchev–Trinajstić information content (AvgIpc) is 2.85. The van der Waals surface area contributed by atoms with Crippen LogP contribution >= 0.6 is 0 Å². The number of aryl methyl sites for hydroxylation is 2. The van der Waals surface area contributed by atoms with Crippen molar-refractivity contribution in [1.82, 2.24) is 9.78 Å². The number of rotatable bonds is 6. The highest BCUT2D eigenvalue weighted by Crippen LogP contribution is 2.20. The Hall–Kier alpha value is -2.63. The zero-order valence-electron chi connectivity index (χ0n) is 14.4. The second-order valence-corrected chi connectivity index (χ2v) is 6.16. The van der Waals surface area contributed by atoms with Crippen LogP contribution in [-0.4, -0.2) is 26.8 Å². The normalized spacial score (nSPS) is 13.3. The van der Waals surface area contributed by atoms with E-state index in [4.69, 9.17) is 5.11 Å². The van der Waals surface area contributed by atoms with Crippen LogP contribution in [0.3, 0.4) is 0 Å². The highest BCUT2D eigenvalue weighted by atomic mass is 16.4. The molecule has 0 aliphatic rings. The van der Waals surface area contributed by atoms with Crippen molar-refractivity contribution in [3.8, 4) is 0 Å². The summed E-state index contributed by atoms with van der Waals surface area (Å²) in [5.74, 6) is -1.64. The molecule has 2 N–H and O–H groups in total. The molecule has 1 aromatic carbocycles. The Labute approximate surface area is 141 Å². The maximum atomic E-state index is 12.3. The Balaban J connectivity index is 2.03. The molecule has 0 saturated carbocycles. The molecule has 2 atom stereocenters. The molecule has 2 aromatic rings. The van der Waals surface area contributed by atoms with Crippen molar-refractivity contribution >= 4 is 17.6 Å². The van der Waals surface area contributed by atoms with Crippen LogP contribution in [0.4, 0.5) is 5.69 Å². The number of carbonyl (C=O) groups is 2. The van der Waals surface area contributed by atoms with Gasteiger partial charge in [0.1, 0.15) is 0 Å². The van der Waals surface area contributed by atoms with E-state index in [0.717, 1.165) is 11.4 Å². The molecule has 128 valence electrons. The summed E-state index contributed by atoms with van der Waals surface area (Å²) in [5, 5.41) is 16.3. The van der Waals surface area contributed by atoms with Crippen LogP contribution in [0.2, 0.25) is 0 Å². The van der Waals surface area contributed by atoms with Gasteiger partial charge in [-0.2, -0.15) is 5.10 Å². The lowest BCUT2D eigenvalue weighted by Crippen LogP contribution is -2.19. The Bertz CT molecular complexity index is 752. The summed E-state index contributed by atoms with van der Waals surface area (Å²) in [6.07, 6.45) is 0.292. The number of nitrogens with zero attached hydrogens (tertiary/aromatic N) is 2. The number of anilines is 1. The quantitative estimate of drug-likeness (QED) is 0.852. The van der Waals surface area contributed by atoms with E-state index in [1.807, 2.05) is 31.5 Å². The Morgan fingerprint density at radius 2 is 1.96 bits per heavy atom. The molecule has 2 unspecified atom stereocenters. The van der Waals surface area contributed by atoms with Crippen LogP contribution in [0.5, 0.6) is 0 Å². The standard InChI is InChI=1S/C18H23N3O3/c1-11-8-12(2)21(20-11)13(3)9-17(22)19-16-7-5-6-15(10-16)14(4)18(23)24/h5-8,10,13-14H,9H2,1-4H3,(H,19,22)(H,23,24). The zero-order valence-corrected chi connectivity index (χ0v) is 14.4. The second-order valence-electron chi connectivity index (χ2n) is 6.16. The molecule has 2 rings (SSSR count). The number of carboxylic acid groups (broad SMARTS) is 1. The van der Waals surface area contributed by atoms with Crippen molar-refractivity contribution in [1.29, 1.82) is 0 Å². The fourth-order valence-electron chi connectivity index (χ4n) is 2.69. The number of aliphatic carboxylic acids is 1. The number of hydrogen-bond acceptors (Lipinski definition) is 3. The Morgan fingerprint density at radius 3 is 2.54 bits per heavy atom. The number of amides is 1. The molecule has 6 heteroatoms. The van der Waals surface area contributed by atoms with E-state index in [9.17, 15) is 9.59 Å². The predicted molar refractivity (Wildman–Crippen MR) is 92.2 cm³/mol.